The highest BCUT2D eigenvalue weighted by Crippen LogP contribution is 2.32. The Morgan fingerprint density at radius 2 is 2.11 bits per heavy atom. The molecule has 28 heavy (non-hydrogen) atoms. The molecule has 0 atom stereocenters. The highest BCUT2D eigenvalue weighted by molar-refractivity contribution is 7.89. The molecule has 10 heteroatoms. The predicted molar refractivity (Wildman–Crippen MR) is 102 cm³/mol. The average Bonchev–Trinajstić information content (AvgIpc) is 3.36. The molecule has 0 unspecified atom stereocenters. The monoisotopic (exact) mass is 405 g/mol. The van der Waals surface area contributed by atoms with E-state index in [4.69, 9.17) is 9.47 Å². The first kappa shape index (κ1) is 18.5. The van der Waals surface area contributed by atoms with Crippen LogP contribution in [-0.2, 0) is 14.8 Å². The molecule has 0 bridgehead atoms. The van der Waals surface area contributed by atoms with Crippen molar-refractivity contribution < 1.29 is 22.7 Å². The first-order valence-electron chi connectivity index (χ1n) is 8.93. The number of ether oxygens (including phenoxy) is 2. The third-order valence-electron chi connectivity index (χ3n) is 4.41. The van der Waals surface area contributed by atoms with Gasteiger partial charge in [-0.15, -0.1) is 0 Å². The lowest BCUT2D eigenvalue weighted by molar-refractivity contribution is 0.0997. The molecule has 0 amide bonds. The highest BCUT2D eigenvalue weighted by atomic mass is 32.2. The second-order valence-corrected chi connectivity index (χ2v) is 8.37. The number of pyridine rings is 1. The Labute approximate surface area is 160 Å². The van der Waals surface area contributed by atoms with E-state index in [1.54, 1.807) is 0 Å². The number of hydrogen-bond donors (Lipinski definition) is 3. The number of H-pyrrole nitrogens is 2. The van der Waals surface area contributed by atoms with Crippen molar-refractivity contribution in [3.05, 3.63) is 34.7 Å². The summed E-state index contributed by atoms with van der Waals surface area (Å²) in [5.74, 6) is 0.0944. The summed E-state index contributed by atoms with van der Waals surface area (Å²) < 4.78 is 37.9. The minimum Gasteiger partial charge on any atom is -0.434 e. The fraction of sp³-hybridized carbons (Fsp3) is 0.333. The Morgan fingerprint density at radius 3 is 2.82 bits per heavy atom. The van der Waals surface area contributed by atoms with Crippen molar-refractivity contribution in [2.24, 2.45) is 0 Å². The topological polar surface area (TPSA) is 130 Å². The SMILES string of the molecule is CCCOC(=O)Oc1c[nH]c2c(=O)[nH]c3ccc(S(=O)(=O)NC4CC4)cc3c12. The summed E-state index contributed by atoms with van der Waals surface area (Å²) in [7, 11) is -3.68. The van der Waals surface area contributed by atoms with Crippen LogP contribution < -0.4 is 15.0 Å². The van der Waals surface area contributed by atoms with Crippen LogP contribution in [-0.4, -0.2) is 37.2 Å². The van der Waals surface area contributed by atoms with Gasteiger partial charge in [0.25, 0.3) is 5.56 Å². The van der Waals surface area contributed by atoms with Crippen molar-refractivity contribution in [3.63, 3.8) is 0 Å². The van der Waals surface area contributed by atoms with Gasteiger partial charge in [0.1, 0.15) is 5.52 Å². The molecule has 3 N–H and O–H groups in total. The molecule has 2 aromatic heterocycles. The number of carbonyl (C=O) groups excluding carboxylic acids is 1. The Balaban J connectivity index is 1.83. The molecule has 0 saturated heterocycles. The van der Waals surface area contributed by atoms with Crippen molar-refractivity contribution >= 4 is 38.0 Å². The number of carbonyl (C=O) groups is 1. The summed E-state index contributed by atoms with van der Waals surface area (Å²) >= 11 is 0. The molecule has 148 valence electrons. The Morgan fingerprint density at radius 1 is 1.32 bits per heavy atom. The zero-order chi connectivity index (χ0) is 19.9. The quantitative estimate of drug-likeness (QED) is 0.540. The first-order valence-corrected chi connectivity index (χ1v) is 10.4. The van der Waals surface area contributed by atoms with E-state index in [0.29, 0.717) is 22.7 Å². The number of fused-ring (bicyclic) bond motifs is 3. The minimum atomic E-state index is -3.68. The summed E-state index contributed by atoms with van der Waals surface area (Å²) in [5.41, 5.74) is 0.190. The van der Waals surface area contributed by atoms with E-state index < -0.39 is 21.7 Å². The molecule has 1 saturated carbocycles. The van der Waals surface area contributed by atoms with Gasteiger partial charge < -0.3 is 19.4 Å². The summed E-state index contributed by atoms with van der Waals surface area (Å²) in [6.45, 7) is 2.06. The molecule has 1 aromatic carbocycles. The van der Waals surface area contributed by atoms with E-state index in [9.17, 15) is 18.0 Å². The maximum atomic E-state index is 12.6. The number of sulfonamides is 1. The van der Waals surface area contributed by atoms with E-state index in [1.165, 1.54) is 24.4 Å². The van der Waals surface area contributed by atoms with E-state index in [1.807, 2.05) is 6.92 Å². The maximum Gasteiger partial charge on any atom is 0.513 e. The average molecular weight is 405 g/mol. The fourth-order valence-corrected chi connectivity index (χ4v) is 4.25. The standard InChI is InChI=1S/C18H19N3O6S/c1-2-7-26-18(23)27-14-9-19-16-15(14)12-8-11(5-6-13(12)20-17(16)22)28(24,25)21-10-3-4-10/h5-6,8-10,19,21H,2-4,7H2,1H3,(H,20,22). The Kier molecular flexibility index (Phi) is 4.60. The molecule has 0 radical (unpaired) electrons. The number of rotatable bonds is 6. The predicted octanol–water partition coefficient (Wildman–Crippen LogP) is 2.38. The van der Waals surface area contributed by atoms with Crippen molar-refractivity contribution in [1.29, 1.82) is 0 Å². The van der Waals surface area contributed by atoms with Crippen LogP contribution in [0, 0.1) is 0 Å². The zero-order valence-corrected chi connectivity index (χ0v) is 15.9. The lowest BCUT2D eigenvalue weighted by Crippen LogP contribution is -2.25. The molecule has 1 aliphatic rings. The number of benzene rings is 1. The number of nitrogens with one attached hydrogen (secondary N) is 3. The third kappa shape index (κ3) is 3.48. The smallest absolute Gasteiger partial charge is 0.434 e. The lowest BCUT2D eigenvalue weighted by atomic mass is 10.1. The van der Waals surface area contributed by atoms with Gasteiger partial charge in [0.15, 0.2) is 5.75 Å². The maximum absolute atomic E-state index is 12.6. The van der Waals surface area contributed by atoms with Crippen LogP contribution in [0.15, 0.2) is 34.1 Å². The zero-order valence-electron chi connectivity index (χ0n) is 15.1. The van der Waals surface area contributed by atoms with Crippen molar-refractivity contribution in [1.82, 2.24) is 14.7 Å². The second-order valence-electron chi connectivity index (χ2n) is 6.66. The summed E-state index contributed by atoms with van der Waals surface area (Å²) in [6, 6.07) is 4.37. The summed E-state index contributed by atoms with van der Waals surface area (Å²) in [6.07, 6.45) is 2.76. The van der Waals surface area contributed by atoms with Crippen molar-refractivity contribution in [2.75, 3.05) is 6.61 Å². The van der Waals surface area contributed by atoms with Crippen LogP contribution in [0.5, 0.6) is 5.75 Å². The molecular formula is C18H19N3O6S. The summed E-state index contributed by atoms with van der Waals surface area (Å²) in [4.78, 5) is 29.7. The van der Waals surface area contributed by atoms with Gasteiger partial charge in [0.05, 0.1) is 16.9 Å². The van der Waals surface area contributed by atoms with Crippen molar-refractivity contribution in [2.45, 2.75) is 37.1 Å². The Bertz CT molecular complexity index is 1220. The van der Waals surface area contributed by atoms with E-state index in [2.05, 4.69) is 14.7 Å². The molecule has 1 fully saturated rings. The van der Waals surface area contributed by atoms with Gasteiger partial charge >= 0.3 is 6.16 Å². The molecular weight excluding hydrogens is 386 g/mol. The number of hydrogen-bond acceptors (Lipinski definition) is 6. The van der Waals surface area contributed by atoms with Crippen LogP contribution in [0.25, 0.3) is 21.8 Å². The second kappa shape index (κ2) is 6.95. The van der Waals surface area contributed by atoms with Gasteiger partial charge in [-0.1, -0.05) is 6.92 Å². The van der Waals surface area contributed by atoms with Crippen LogP contribution >= 0.6 is 0 Å². The van der Waals surface area contributed by atoms with Gasteiger partial charge in [-0.25, -0.2) is 17.9 Å². The molecule has 4 rings (SSSR count). The molecule has 1 aliphatic carbocycles. The van der Waals surface area contributed by atoms with Gasteiger partial charge in [-0.2, -0.15) is 0 Å². The minimum absolute atomic E-state index is 0.0317. The van der Waals surface area contributed by atoms with E-state index in [-0.39, 0.29) is 28.8 Å². The molecule has 9 nitrogen and oxygen atoms in total. The van der Waals surface area contributed by atoms with E-state index >= 15 is 0 Å². The van der Waals surface area contributed by atoms with Crippen LogP contribution in [0.4, 0.5) is 4.79 Å². The largest absolute Gasteiger partial charge is 0.513 e. The number of aromatic nitrogens is 2. The first-order chi connectivity index (χ1) is 13.4. The molecule has 3 aromatic rings. The van der Waals surface area contributed by atoms with Gasteiger partial charge in [-0.05, 0) is 37.5 Å². The molecule has 2 heterocycles. The Hall–Kier alpha value is -2.85. The van der Waals surface area contributed by atoms with Gasteiger partial charge in [-0.3, -0.25) is 4.79 Å². The lowest BCUT2D eigenvalue weighted by Gasteiger charge is -2.08. The van der Waals surface area contributed by atoms with Crippen LogP contribution in [0.2, 0.25) is 0 Å². The van der Waals surface area contributed by atoms with Gasteiger partial charge in [0, 0.05) is 23.1 Å². The highest BCUT2D eigenvalue weighted by Gasteiger charge is 2.28. The molecule has 0 aliphatic heterocycles. The normalized spacial score (nSPS) is 14.5. The van der Waals surface area contributed by atoms with Gasteiger partial charge in [0.2, 0.25) is 10.0 Å². The summed E-state index contributed by atoms with van der Waals surface area (Å²) in [5, 5.41) is 0.753. The molecule has 0 spiro atoms. The number of aromatic amines is 2. The van der Waals surface area contributed by atoms with Crippen LogP contribution in [0.1, 0.15) is 26.2 Å². The van der Waals surface area contributed by atoms with E-state index in [0.717, 1.165) is 12.8 Å². The van der Waals surface area contributed by atoms with Crippen LogP contribution in [0.3, 0.4) is 0 Å². The third-order valence-corrected chi connectivity index (χ3v) is 5.92. The van der Waals surface area contributed by atoms with Crippen molar-refractivity contribution in [3.8, 4) is 5.75 Å². The fourth-order valence-electron chi connectivity index (χ4n) is 2.92.